The number of rotatable bonds is 4. The van der Waals surface area contributed by atoms with Crippen molar-refractivity contribution in [2.45, 2.75) is 30.7 Å². The predicted molar refractivity (Wildman–Crippen MR) is 77.4 cm³/mol. The van der Waals surface area contributed by atoms with E-state index in [-0.39, 0.29) is 5.88 Å². The van der Waals surface area contributed by atoms with Crippen LogP contribution in [0.15, 0.2) is 15.7 Å². The molecule has 5 atom stereocenters. The van der Waals surface area contributed by atoms with Gasteiger partial charge >= 0.3 is 5.88 Å². The summed E-state index contributed by atoms with van der Waals surface area (Å²) >= 11 is 0. The predicted octanol–water partition coefficient (Wildman–Crippen LogP) is -4.91. The molecule has 0 unspecified atom stereocenters. The van der Waals surface area contributed by atoms with Gasteiger partial charge in [-0.1, -0.05) is 0 Å². The van der Waals surface area contributed by atoms with Crippen LogP contribution < -0.4 is 14.9 Å². The number of aliphatic hydroxyl groups is 4. The van der Waals surface area contributed by atoms with E-state index in [1.807, 2.05) is 5.01 Å². The second-order valence-electron chi connectivity index (χ2n) is 5.72. The summed E-state index contributed by atoms with van der Waals surface area (Å²) in [7, 11) is 0. The van der Waals surface area contributed by atoms with Crippen molar-refractivity contribution in [2.24, 2.45) is 4.99 Å². The first-order valence-electron chi connectivity index (χ1n) is 7.94. The number of morpholine rings is 1. The van der Waals surface area contributed by atoms with Gasteiger partial charge in [-0.2, -0.15) is 4.99 Å². The Bertz CT molecular complexity index is 619. The summed E-state index contributed by atoms with van der Waals surface area (Å²) in [6.45, 7) is 1.60. The van der Waals surface area contributed by atoms with Crippen molar-refractivity contribution in [2.75, 3.05) is 37.9 Å². The van der Waals surface area contributed by atoms with Crippen molar-refractivity contribution in [1.29, 1.82) is 0 Å². The van der Waals surface area contributed by atoms with Crippen LogP contribution in [0.2, 0.25) is 0 Å². The first-order valence-corrected chi connectivity index (χ1v) is 7.94. The molecule has 0 bridgehead atoms. The van der Waals surface area contributed by atoms with Crippen LogP contribution in [0.1, 0.15) is 0 Å². The second kappa shape index (κ2) is 8.11. The third kappa shape index (κ3) is 4.03. The van der Waals surface area contributed by atoms with E-state index in [0.717, 1.165) is 0 Å². The zero-order valence-electron chi connectivity index (χ0n) is 13.6. The van der Waals surface area contributed by atoms with Crippen LogP contribution in [-0.4, -0.2) is 95.4 Å². The lowest BCUT2D eigenvalue weighted by Crippen LogP contribution is -2.62. The minimum atomic E-state index is -1.71. The molecule has 1 aromatic rings. The van der Waals surface area contributed by atoms with Crippen molar-refractivity contribution >= 4 is 12.0 Å². The molecule has 3 heterocycles. The normalized spacial score (nSPS) is 33.3. The fourth-order valence-corrected chi connectivity index (χ4v) is 2.55. The van der Waals surface area contributed by atoms with Crippen molar-refractivity contribution < 1.29 is 49.1 Å². The topological polar surface area (TPSA) is 177 Å². The third-order valence-corrected chi connectivity index (χ3v) is 3.99. The van der Waals surface area contributed by atoms with Crippen molar-refractivity contribution in [3.8, 4) is 0 Å². The van der Waals surface area contributed by atoms with E-state index in [0.29, 0.717) is 26.3 Å². The molecule has 2 aliphatic heterocycles. The van der Waals surface area contributed by atoms with Gasteiger partial charge in [-0.3, -0.25) is 4.52 Å². The molecule has 2 saturated heterocycles. The molecule has 0 radical (unpaired) electrons. The number of hydrogen-bond acceptors (Lipinski definition) is 12. The highest BCUT2D eigenvalue weighted by atomic mass is 16.7. The molecule has 0 amide bonds. The van der Waals surface area contributed by atoms with Gasteiger partial charge in [0.2, 0.25) is 5.27 Å². The van der Waals surface area contributed by atoms with Gasteiger partial charge in [0.25, 0.3) is 6.20 Å². The van der Waals surface area contributed by atoms with Crippen molar-refractivity contribution in [3.05, 3.63) is 6.20 Å². The molecule has 0 aliphatic carbocycles. The maximum Gasteiger partial charge on any atom is 0.326 e. The maximum absolute atomic E-state index is 11.9. The highest BCUT2D eigenvalue weighted by Gasteiger charge is 2.42. The highest BCUT2D eigenvalue weighted by Crippen LogP contribution is 2.22. The lowest BCUT2D eigenvalue weighted by Gasteiger charge is -2.42. The molecule has 26 heavy (non-hydrogen) atoms. The fraction of sp³-hybridized carbons (Fsp3) is 0.769. The summed E-state index contributed by atoms with van der Waals surface area (Å²) in [5.41, 5.74) is 0. The van der Waals surface area contributed by atoms with Crippen LogP contribution in [0.5, 0.6) is 0 Å². The summed E-state index contributed by atoms with van der Waals surface area (Å²) in [6.07, 6.45) is -7.54. The van der Waals surface area contributed by atoms with E-state index in [4.69, 9.17) is 23.8 Å². The molecule has 3 rings (SSSR count). The molecule has 1 aromatic heterocycles. The summed E-state index contributed by atoms with van der Waals surface area (Å²) in [5, 5.41) is 55.7. The molecular weight excluding hydrogens is 356 g/mol. The van der Waals surface area contributed by atoms with Crippen LogP contribution in [0.4, 0.5) is 5.88 Å². The smallest absolute Gasteiger partial charge is 0.326 e. The molecule has 13 nitrogen and oxygen atoms in total. The van der Waals surface area contributed by atoms with E-state index in [2.05, 4.69) is 10.3 Å². The Kier molecular flexibility index (Phi) is 5.85. The molecule has 2 fully saturated rings. The number of aliphatic imine (C=N–C) groups is 1. The fourth-order valence-electron chi connectivity index (χ4n) is 2.55. The molecular formula is C13H20N4O9. The van der Waals surface area contributed by atoms with Crippen LogP contribution in [-0.2, 0) is 14.2 Å². The van der Waals surface area contributed by atoms with Gasteiger partial charge in [0.05, 0.1) is 37.7 Å². The van der Waals surface area contributed by atoms with Crippen LogP contribution in [0.3, 0.4) is 0 Å². The van der Waals surface area contributed by atoms with Crippen molar-refractivity contribution in [3.63, 3.8) is 0 Å². The molecule has 4 N–H and O–H groups in total. The molecule has 146 valence electrons. The Morgan fingerprint density at radius 2 is 2.04 bits per heavy atom. The first kappa shape index (κ1) is 18.8. The standard InChI is InChI=1S/C13H20N4O9/c18-6-7-9(19)10(20)11(21)12(24-7)25-13(22)14-8-5-17(15-26-8)16-1-3-23-4-2-16/h5,7,9-12,18-21H,1-4,6H2/t7-,9-,10+,11-,12+/m1/s1. The Morgan fingerprint density at radius 1 is 1.31 bits per heavy atom. The van der Waals surface area contributed by atoms with Crippen molar-refractivity contribution in [1.82, 2.24) is 5.27 Å². The zero-order chi connectivity index (χ0) is 18.7. The number of aliphatic hydroxyl groups excluding tert-OH is 4. The molecule has 0 spiro atoms. The SMILES string of the molecule is [O-]/C(=N\c1c[n+](N2CCOCC2)no1)O[C@@H]1O[C@H](CO)[C@@H](O)[C@H](O)[C@H]1O. The first-order chi connectivity index (χ1) is 12.5. The number of aromatic nitrogens is 2. The van der Waals surface area contributed by atoms with Gasteiger partial charge in [-0.25, -0.2) is 0 Å². The summed E-state index contributed by atoms with van der Waals surface area (Å²) in [6, 6.07) is 0. The van der Waals surface area contributed by atoms with E-state index in [1.54, 1.807) is 0 Å². The number of nitrogens with zero attached hydrogens (tertiary/aromatic N) is 4. The average Bonchev–Trinajstić information content (AvgIpc) is 3.11. The minimum absolute atomic E-state index is 0.147. The third-order valence-electron chi connectivity index (χ3n) is 3.99. The van der Waals surface area contributed by atoms with E-state index in [9.17, 15) is 20.4 Å². The number of ether oxygens (including phenoxy) is 3. The van der Waals surface area contributed by atoms with Gasteiger partial charge in [-0.15, -0.1) is 5.01 Å². The quantitative estimate of drug-likeness (QED) is 0.225. The Balaban J connectivity index is 1.63. The van der Waals surface area contributed by atoms with Crippen LogP contribution in [0.25, 0.3) is 0 Å². The monoisotopic (exact) mass is 376 g/mol. The van der Waals surface area contributed by atoms with E-state index < -0.39 is 43.4 Å². The van der Waals surface area contributed by atoms with Gasteiger partial charge in [-0.05, 0) is 0 Å². The van der Waals surface area contributed by atoms with Crippen LogP contribution >= 0.6 is 0 Å². The summed E-state index contributed by atoms with van der Waals surface area (Å²) < 4.78 is 20.0. The summed E-state index contributed by atoms with van der Waals surface area (Å²) in [4.78, 5) is 4.91. The number of hydrogen-bond donors (Lipinski definition) is 4. The van der Waals surface area contributed by atoms with Crippen LogP contribution in [0, 0.1) is 0 Å². The highest BCUT2D eigenvalue weighted by molar-refractivity contribution is 5.65. The summed E-state index contributed by atoms with van der Waals surface area (Å²) in [5.74, 6) is -0.147. The Morgan fingerprint density at radius 3 is 2.73 bits per heavy atom. The van der Waals surface area contributed by atoms with Gasteiger partial charge in [0, 0.05) is 0 Å². The Labute approximate surface area is 147 Å². The van der Waals surface area contributed by atoms with Gasteiger partial charge in [0.15, 0.2) is 6.08 Å². The Hall–Kier alpha value is -2.03. The average molecular weight is 376 g/mol. The lowest BCUT2D eigenvalue weighted by atomic mass is 9.99. The van der Waals surface area contributed by atoms with Gasteiger partial charge < -0.3 is 39.7 Å². The second-order valence-corrected chi connectivity index (χ2v) is 5.72. The van der Waals surface area contributed by atoms with E-state index >= 15 is 0 Å². The molecule has 0 aromatic carbocycles. The zero-order valence-corrected chi connectivity index (χ0v) is 13.6. The molecule has 0 saturated carbocycles. The minimum Gasteiger partial charge on any atom is -0.570 e. The maximum atomic E-state index is 11.9. The molecule has 13 heteroatoms. The molecule has 2 aliphatic rings. The lowest BCUT2D eigenvalue weighted by molar-refractivity contribution is -0.759. The van der Waals surface area contributed by atoms with E-state index in [1.165, 1.54) is 11.0 Å². The van der Waals surface area contributed by atoms with Gasteiger partial charge in [0.1, 0.15) is 30.7 Å². The largest absolute Gasteiger partial charge is 0.570 e.